The number of halogens is 2. The van der Waals surface area contributed by atoms with E-state index < -0.39 is 23.4 Å². The lowest BCUT2D eigenvalue weighted by atomic mass is 10.2. The highest BCUT2D eigenvalue weighted by molar-refractivity contribution is 6.03. The van der Waals surface area contributed by atoms with E-state index in [1.165, 1.54) is 0 Å². The number of rotatable bonds is 4. The normalized spacial score (nSPS) is 10.6. The van der Waals surface area contributed by atoms with Crippen LogP contribution in [-0.4, -0.2) is 28.6 Å². The Morgan fingerprint density at radius 2 is 1.88 bits per heavy atom. The molecule has 3 aromatic rings. The molecule has 3 rings (SSSR count). The molecule has 1 aromatic heterocycles. The molecule has 0 unspecified atom stereocenters. The molecular weight excluding hydrogens is 318 g/mol. The second-order valence-electron chi connectivity index (χ2n) is 5.03. The van der Waals surface area contributed by atoms with Crippen molar-refractivity contribution in [1.82, 2.24) is 15.5 Å². The van der Waals surface area contributed by atoms with Crippen molar-refractivity contribution < 1.29 is 18.4 Å². The summed E-state index contributed by atoms with van der Waals surface area (Å²) in [6, 6.07) is 7.70. The molecule has 0 bridgehead atoms. The molecule has 0 aliphatic rings. The first-order chi connectivity index (χ1) is 11.5. The number of carbonyl (C=O) groups is 2. The molecule has 2 aromatic carbocycles. The topological polar surface area (TPSA) is 86.9 Å². The molecule has 0 saturated heterocycles. The zero-order valence-corrected chi connectivity index (χ0v) is 12.3. The molecule has 2 amide bonds. The van der Waals surface area contributed by atoms with Gasteiger partial charge in [0.05, 0.1) is 23.9 Å². The first kappa shape index (κ1) is 15.6. The van der Waals surface area contributed by atoms with E-state index in [1.807, 2.05) is 6.07 Å². The number of para-hydroxylation sites is 1. The third-order valence-corrected chi connectivity index (χ3v) is 3.29. The van der Waals surface area contributed by atoms with Gasteiger partial charge in [-0.25, -0.2) is 8.78 Å². The lowest BCUT2D eigenvalue weighted by molar-refractivity contribution is -0.115. The zero-order valence-electron chi connectivity index (χ0n) is 12.3. The van der Waals surface area contributed by atoms with Crippen LogP contribution in [0.3, 0.4) is 0 Å². The first-order valence-corrected chi connectivity index (χ1v) is 6.99. The minimum Gasteiger partial charge on any atom is -0.343 e. The number of anilines is 1. The van der Waals surface area contributed by atoms with Gasteiger partial charge in [0.1, 0.15) is 11.6 Å². The molecule has 0 fully saturated rings. The average molecular weight is 330 g/mol. The highest BCUT2D eigenvalue weighted by Crippen LogP contribution is 2.20. The van der Waals surface area contributed by atoms with Gasteiger partial charge in [-0.3, -0.25) is 14.7 Å². The molecular formula is C16H12F2N4O2. The van der Waals surface area contributed by atoms with Gasteiger partial charge in [0.15, 0.2) is 0 Å². The second kappa shape index (κ2) is 6.45. The zero-order chi connectivity index (χ0) is 17.1. The first-order valence-electron chi connectivity index (χ1n) is 6.99. The SMILES string of the molecule is O=C(CNC(=O)c1cc(F)cc(F)c1)Nc1cccc2cn[nH]c12. The number of aromatic nitrogens is 2. The predicted octanol–water partition coefficient (Wildman–Crippen LogP) is 2.21. The van der Waals surface area contributed by atoms with Crippen molar-refractivity contribution in [2.24, 2.45) is 0 Å². The van der Waals surface area contributed by atoms with E-state index in [4.69, 9.17) is 0 Å². The van der Waals surface area contributed by atoms with E-state index in [0.717, 1.165) is 17.5 Å². The quantitative estimate of drug-likeness (QED) is 0.685. The largest absolute Gasteiger partial charge is 0.343 e. The highest BCUT2D eigenvalue weighted by atomic mass is 19.1. The molecule has 0 aliphatic carbocycles. The predicted molar refractivity (Wildman–Crippen MR) is 83.4 cm³/mol. The third-order valence-electron chi connectivity index (χ3n) is 3.29. The van der Waals surface area contributed by atoms with Crippen LogP contribution in [0.5, 0.6) is 0 Å². The molecule has 6 nitrogen and oxygen atoms in total. The fourth-order valence-electron chi connectivity index (χ4n) is 2.22. The molecule has 0 radical (unpaired) electrons. The summed E-state index contributed by atoms with van der Waals surface area (Å²) in [6.07, 6.45) is 1.62. The lowest BCUT2D eigenvalue weighted by Crippen LogP contribution is -2.33. The fourth-order valence-corrected chi connectivity index (χ4v) is 2.22. The van der Waals surface area contributed by atoms with E-state index in [1.54, 1.807) is 18.3 Å². The summed E-state index contributed by atoms with van der Waals surface area (Å²) in [4.78, 5) is 23.8. The molecule has 0 aliphatic heterocycles. The van der Waals surface area contributed by atoms with Crippen molar-refractivity contribution in [2.45, 2.75) is 0 Å². The number of hydrogen-bond donors (Lipinski definition) is 3. The summed E-state index contributed by atoms with van der Waals surface area (Å²) in [5, 5.41) is 12.4. The van der Waals surface area contributed by atoms with Crippen LogP contribution in [0.25, 0.3) is 10.9 Å². The number of aromatic amines is 1. The Labute approximate surface area is 134 Å². The van der Waals surface area contributed by atoms with Gasteiger partial charge in [-0.2, -0.15) is 5.10 Å². The van der Waals surface area contributed by atoms with Crippen LogP contribution in [0.2, 0.25) is 0 Å². The van der Waals surface area contributed by atoms with E-state index in [-0.39, 0.29) is 12.1 Å². The van der Waals surface area contributed by atoms with E-state index in [0.29, 0.717) is 17.3 Å². The number of amides is 2. The van der Waals surface area contributed by atoms with Gasteiger partial charge in [-0.1, -0.05) is 12.1 Å². The van der Waals surface area contributed by atoms with Gasteiger partial charge >= 0.3 is 0 Å². The summed E-state index contributed by atoms with van der Waals surface area (Å²) in [6.45, 7) is -0.346. The van der Waals surface area contributed by atoms with Gasteiger partial charge in [0, 0.05) is 17.0 Å². The Hall–Kier alpha value is -3.29. The third kappa shape index (κ3) is 3.37. The Morgan fingerprint density at radius 1 is 1.12 bits per heavy atom. The lowest BCUT2D eigenvalue weighted by Gasteiger charge is -2.08. The minimum atomic E-state index is -0.865. The Morgan fingerprint density at radius 3 is 2.62 bits per heavy atom. The molecule has 0 atom stereocenters. The van der Waals surface area contributed by atoms with Crippen LogP contribution in [0.4, 0.5) is 14.5 Å². The molecule has 8 heteroatoms. The van der Waals surface area contributed by atoms with Crippen molar-refractivity contribution in [3.63, 3.8) is 0 Å². The number of nitrogens with zero attached hydrogens (tertiary/aromatic N) is 1. The number of benzene rings is 2. The maximum atomic E-state index is 13.1. The summed E-state index contributed by atoms with van der Waals surface area (Å²) in [5.74, 6) is -2.96. The average Bonchev–Trinajstić information content (AvgIpc) is 3.01. The van der Waals surface area contributed by atoms with Crippen LogP contribution in [0.15, 0.2) is 42.6 Å². The van der Waals surface area contributed by atoms with Gasteiger partial charge in [0.25, 0.3) is 5.91 Å². The van der Waals surface area contributed by atoms with E-state index >= 15 is 0 Å². The molecule has 122 valence electrons. The number of fused-ring (bicyclic) bond motifs is 1. The van der Waals surface area contributed by atoms with Crippen LogP contribution >= 0.6 is 0 Å². The van der Waals surface area contributed by atoms with Crippen molar-refractivity contribution in [3.8, 4) is 0 Å². The standard InChI is InChI=1S/C16H12F2N4O2/c17-11-4-10(5-12(18)6-11)16(24)19-8-14(23)21-13-3-1-2-9-7-20-22-15(9)13/h1-7H,8H2,(H,19,24)(H,20,22)(H,21,23). The smallest absolute Gasteiger partial charge is 0.251 e. The van der Waals surface area contributed by atoms with Gasteiger partial charge in [0.2, 0.25) is 5.91 Å². The molecule has 24 heavy (non-hydrogen) atoms. The van der Waals surface area contributed by atoms with Crippen molar-refractivity contribution in [1.29, 1.82) is 0 Å². The maximum Gasteiger partial charge on any atom is 0.251 e. The fraction of sp³-hybridized carbons (Fsp3) is 0.0625. The van der Waals surface area contributed by atoms with Gasteiger partial charge in [-0.15, -0.1) is 0 Å². The number of nitrogens with one attached hydrogen (secondary N) is 3. The molecule has 1 heterocycles. The van der Waals surface area contributed by atoms with Gasteiger partial charge < -0.3 is 10.6 Å². The highest BCUT2D eigenvalue weighted by Gasteiger charge is 2.12. The van der Waals surface area contributed by atoms with Crippen LogP contribution < -0.4 is 10.6 Å². The van der Waals surface area contributed by atoms with E-state index in [2.05, 4.69) is 20.8 Å². The summed E-state index contributed by atoms with van der Waals surface area (Å²) >= 11 is 0. The number of hydrogen-bond acceptors (Lipinski definition) is 3. The monoisotopic (exact) mass is 330 g/mol. The van der Waals surface area contributed by atoms with Crippen molar-refractivity contribution >= 4 is 28.4 Å². The summed E-state index contributed by atoms with van der Waals surface area (Å²) < 4.78 is 26.2. The Balaban J connectivity index is 1.63. The van der Waals surface area contributed by atoms with Crippen molar-refractivity contribution in [3.05, 3.63) is 59.8 Å². The van der Waals surface area contributed by atoms with Crippen molar-refractivity contribution in [2.75, 3.05) is 11.9 Å². The van der Waals surface area contributed by atoms with Crippen LogP contribution in [0.1, 0.15) is 10.4 Å². The molecule has 3 N–H and O–H groups in total. The van der Waals surface area contributed by atoms with E-state index in [9.17, 15) is 18.4 Å². The summed E-state index contributed by atoms with van der Waals surface area (Å²) in [5.41, 5.74) is 0.974. The second-order valence-corrected chi connectivity index (χ2v) is 5.03. The minimum absolute atomic E-state index is 0.198. The Kier molecular flexibility index (Phi) is 4.19. The molecule has 0 saturated carbocycles. The van der Waals surface area contributed by atoms with Gasteiger partial charge in [-0.05, 0) is 18.2 Å². The van der Waals surface area contributed by atoms with Crippen LogP contribution in [0, 0.1) is 11.6 Å². The Bertz CT molecular complexity index is 903. The number of H-pyrrole nitrogens is 1. The maximum absolute atomic E-state index is 13.1. The van der Waals surface area contributed by atoms with Crippen LogP contribution in [-0.2, 0) is 4.79 Å². The molecule has 0 spiro atoms. The summed E-state index contributed by atoms with van der Waals surface area (Å²) in [7, 11) is 0. The number of carbonyl (C=O) groups excluding carboxylic acids is 2.